The fourth-order valence-electron chi connectivity index (χ4n) is 1.40. The number of alkyl halides is 1. The minimum Gasteiger partial charge on any atom is -0.314 e. The van der Waals surface area contributed by atoms with Gasteiger partial charge in [-0.15, -0.1) is 0 Å². The molecule has 0 atom stereocenters. The van der Waals surface area contributed by atoms with E-state index in [1.165, 1.54) is 0 Å². The van der Waals surface area contributed by atoms with Crippen LogP contribution in [0.3, 0.4) is 0 Å². The molecular weight excluding hydrogens is 143 g/mol. The second-order valence-electron chi connectivity index (χ2n) is 3.74. The highest BCUT2D eigenvalue weighted by molar-refractivity contribution is 4.76. The molecule has 0 aromatic rings. The quantitative estimate of drug-likeness (QED) is 0.637. The number of rotatable bonds is 2. The van der Waals surface area contributed by atoms with Crippen molar-refractivity contribution in [1.82, 2.24) is 10.2 Å². The zero-order valence-corrected chi connectivity index (χ0v) is 7.36. The van der Waals surface area contributed by atoms with Gasteiger partial charge in [-0.05, 0) is 13.8 Å². The van der Waals surface area contributed by atoms with E-state index >= 15 is 0 Å². The Labute approximate surface area is 67.8 Å². The van der Waals surface area contributed by atoms with E-state index in [9.17, 15) is 4.39 Å². The third-order valence-corrected chi connectivity index (χ3v) is 1.81. The minimum atomic E-state index is -1.04. The first-order valence-electron chi connectivity index (χ1n) is 4.20. The van der Waals surface area contributed by atoms with Crippen LogP contribution in [-0.4, -0.2) is 43.3 Å². The lowest BCUT2D eigenvalue weighted by Crippen LogP contribution is -2.47. The fourth-order valence-corrected chi connectivity index (χ4v) is 1.40. The van der Waals surface area contributed by atoms with Crippen molar-refractivity contribution in [2.24, 2.45) is 0 Å². The number of nitrogens with zero attached hydrogens (tertiary/aromatic N) is 1. The first kappa shape index (κ1) is 8.94. The van der Waals surface area contributed by atoms with E-state index in [1.807, 2.05) is 0 Å². The van der Waals surface area contributed by atoms with Crippen molar-refractivity contribution in [2.45, 2.75) is 19.5 Å². The number of piperazine rings is 1. The first-order valence-corrected chi connectivity index (χ1v) is 4.20. The van der Waals surface area contributed by atoms with Crippen molar-refractivity contribution < 1.29 is 4.39 Å². The summed E-state index contributed by atoms with van der Waals surface area (Å²) < 4.78 is 13.1. The maximum Gasteiger partial charge on any atom is 0.118 e. The van der Waals surface area contributed by atoms with Crippen LogP contribution in [0.4, 0.5) is 4.39 Å². The van der Waals surface area contributed by atoms with E-state index in [-0.39, 0.29) is 0 Å². The molecule has 0 aliphatic carbocycles. The summed E-state index contributed by atoms with van der Waals surface area (Å²) in [5, 5.41) is 3.24. The summed E-state index contributed by atoms with van der Waals surface area (Å²) in [5.74, 6) is 0. The molecule has 0 spiro atoms. The lowest BCUT2D eigenvalue weighted by Gasteiger charge is -2.30. The molecule has 0 amide bonds. The highest BCUT2D eigenvalue weighted by Crippen LogP contribution is 2.10. The smallest absolute Gasteiger partial charge is 0.118 e. The van der Waals surface area contributed by atoms with Crippen LogP contribution >= 0.6 is 0 Å². The normalized spacial score (nSPS) is 22.1. The molecule has 1 heterocycles. The zero-order valence-electron chi connectivity index (χ0n) is 7.36. The molecule has 1 N–H and O–H groups in total. The average molecular weight is 160 g/mol. The molecule has 0 unspecified atom stereocenters. The fraction of sp³-hybridized carbons (Fsp3) is 1.00. The summed E-state index contributed by atoms with van der Waals surface area (Å²) in [6.45, 7) is 7.78. The van der Waals surface area contributed by atoms with Crippen molar-refractivity contribution >= 4 is 0 Å². The van der Waals surface area contributed by atoms with Crippen LogP contribution in [0.2, 0.25) is 0 Å². The van der Waals surface area contributed by atoms with Crippen LogP contribution < -0.4 is 5.32 Å². The minimum absolute atomic E-state index is 0.564. The number of halogens is 1. The number of hydrogen-bond donors (Lipinski definition) is 1. The monoisotopic (exact) mass is 160 g/mol. The molecule has 0 aromatic heterocycles. The molecule has 0 radical (unpaired) electrons. The summed E-state index contributed by atoms with van der Waals surface area (Å²) >= 11 is 0. The molecule has 3 heteroatoms. The van der Waals surface area contributed by atoms with Gasteiger partial charge in [0.25, 0.3) is 0 Å². The van der Waals surface area contributed by atoms with Crippen LogP contribution in [0, 0.1) is 0 Å². The second-order valence-corrected chi connectivity index (χ2v) is 3.74. The standard InChI is InChI=1S/C8H17FN2/c1-8(2,9)7-11-5-3-10-4-6-11/h10H,3-7H2,1-2H3. The van der Waals surface area contributed by atoms with Crippen LogP contribution in [0.15, 0.2) is 0 Å². The Morgan fingerprint density at radius 3 is 2.36 bits per heavy atom. The second kappa shape index (κ2) is 3.50. The first-order chi connectivity index (χ1) is 5.08. The lowest BCUT2D eigenvalue weighted by molar-refractivity contribution is 0.116. The summed E-state index contributed by atoms with van der Waals surface area (Å²) in [5.41, 5.74) is -1.04. The van der Waals surface area contributed by atoms with E-state index in [2.05, 4.69) is 10.2 Å². The summed E-state index contributed by atoms with van der Waals surface area (Å²) in [6.07, 6.45) is 0. The van der Waals surface area contributed by atoms with Gasteiger partial charge >= 0.3 is 0 Å². The topological polar surface area (TPSA) is 15.3 Å². The van der Waals surface area contributed by atoms with E-state index < -0.39 is 5.67 Å². The van der Waals surface area contributed by atoms with Crippen molar-refractivity contribution in [1.29, 1.82) is 0 Å². The Morgan fingerprint density at radius 2 is 1.91 bits per heavy atom. The van der Waals surface area contributed by atoms with Gasteiger partial charge in [-0.25, -0.2) is 4.39 Å². The van der Waals surface area contributed by atoms with Crippen LogP contribution in [0.5, 0.6) is 0 Å². The third kappa shape index (κ3) is 3.68. The highest BCUT2D eigenvalue weighted by Gasteiger charge is 2.21. The Morgan fingerprint density at radius 1 is 1.36 bits per heavy atom. The van der Waals surface area contributed by atoms with Gasteiger partial charge in [0, 0.05) is 32.7 Å². The molecule has 1 aliphatic rings. The Bertz CT molecular complexity index is 114. The van der Waals surface area contributed by atoms with Gasteiger partial charge in [-0.2, -0.15) is 0 Å². The van der Waals surface area contributed by atoms with Crippen molar-refractivity contribution in [3.05, 3.63) is 0 Å². The van der Waals surface area contributed by atoms with Crippen molar-refractivity contribution in [3.8, 4) is 0 Å². The van der Waals surface area contributed by atoms with Crippen LogP contribution in [-0.2, 0) is 0 Å². The molecule has 1 saturated heterocycles. The molecule has 1 aliphatic heterocycles. The van der Waals surface area contributed by atoms with Gasteiger partial charge in [0.1, 0.15) is 5.67 Å². The molecule has 66 valence electrons. The largest absolute Gasteiger partial charge is 0.314 e. The van der Waals surface area contributed by atoms with E-state index in [0.717, 1.165) is 26.2 Å². The van der Waals surface area contributed by atoms with Gasteiger partial charge in [0.15, 0.2) is 0 Å². The Kier molecular flexibility index (Phi) is 2.84. The van der Waals surface area contributed by atoms with Crippen LogP contribution in [0.1, 0.15) is 13.8 Å². The number of nitrogens with one attached hydrogen (secondary N) is 1. The molecule has 0 saturated carbocycles. The number of hydrogen-bond acceptors (Lipinski definition) is 2. The summed E-state index contributed by atoms with van der Waals surface area (Å²) in [7, 11) is 0. The van der Waals surface area contributed by atoms with E-state index in [0.29, 0.717) is 6.54 Å². The van der Waals surface area contributed by atoms with Crippen molar-refractivity contribution in [2.75, 3.05) is 32.7 Å². The zero-order chi connectivity index (χ0) is 8.32. The van der Waals surface area contributed by atoms with Gasteiger partial charge in [0.2, 0.25) is 0 Å². The molecule has 2 nitrogen and oxygen atoms in total. The molecule has 0 aromatic carbocycles. The molecule has 0 bridgehead atoms. The van der Waals surface area contributed by atoms with Crippen LogP contribution in [0.25, 0.3) is 0 Å². The Hall–Kier alpha value is -0.150. The van der Waals surface area contributed by atoms with Gasteiger partial charge in [-0.3, -0.25) is 4.90 Å². The van der Waals surface area contributed by atoms with Gasteiger partial charge < -0.3 is 5.32 Å². The summed E-state index contributed by atoms with van der Waals surface area (Å²) in [6, 6.07) is 0. The lowest BCUT2D eigenvalue weighted by atomic mass is 10.1. The SMILES string of the molecule is CC(C)(F)CN1CCNCC1. The van der Waals surface area contributed by atoms with E-state index in [4.69, 9.17) is 0 Å². The summed E-state index contributed by atoms with van der Waals surface area (Å²) in [4.78, 5) is 2.16. The maximum absolute atomic E-state index is 13.1. The van der Waals surface area contributed by atoms with Gasteiger partial charge in [-0.1, -0.05) is 0 Å². The maximum atomic E-state index is 13.1. The highest BCUT2D eigenvalue weighted by atomic mass is 19.1. The molecule has 1 fully saturated rings. The van der Waals surface area contributed by atoms with Gasteiger partial charge in [0.05, 0.1) is 0 Å². The third-order valence-electron chi connectivity index (χ3n) is 1.81. The van der Waals surface area contributed by atoms with E-state index in [1.54, 1.807) is 13.8 Å². The molecule has 1 rings (SSSR count). The predicted octanol–water partition coefficient (Wildman–Crippen LogP) is 0.640. The molecular formula is C8H17FN2. The molecule has 11 heavy (non-hydrogen) atoms. The predicted molar refractivity (Wildman–Crippen MR) is 44.5 cm³/mol. The average Bonchev–Trinajstić information content (AvgIpc) is 1.85. The Balaban J connectivity index is 2.24. The van der Waals surface area contributed by atoms with Crippen molar-refractivity contribution in [3.63, 3.8) is 0 Å².